The van der Waals surface area contributed by atoms with E-state index in [2.05, 4.69) is 15.3 Å². The van der Waals surface area contributed by atoms with E-state index in [1.807, 2.05) is 0 Å². The number of thiazole rings is 1. The normalized spacial score (nSPS) is 11.4. The first-order valence-electron chi connectivity index (χ1n) is 8.65. The van der Waals surface area contributed by atoms with Crippen LogP contribution < -0.4 is 11.1 Å². The Labute approximate surface area is 170 Å². The number of nitrogens with one attached hydrogen (secondary N) is 4. The standard InChI is InChI=1S/C19H20N8OS/c1-27-16(19(28)25-10-12-9-24-5-3-11(12)7-21)14(8-22)17-18(27)26-15(29-17)6-13(23)2-4-20/h2-5,7-9,20-22H,6,10,23H2,1H3,(H,25,28). The molecule has 0 aromatic carbocycles. The van der Waals surface area contributed by atoms with E-state index < -0.39 is 0 Å². The SMILES string of the molecule is Cn1c(C(=O)NCc2cnccc2C=N)c(C=N)c2sc(CC(N)=CC=N)nc21. The lowest BCUT2D eigenvalue weighted by molar-refractivity contribution is 0.0943. The van der Waals surface area contributed by atoms with Crippen molar-refractivity contribution in [1.29, 1.82) is 16.2 Å². The van der Waals surface area contributed by atoms with Gasteiger partial charge in [0.1, 0.15) is 10.7 Å². The molecule has 0 spiro atoms. The molecular weight excluding hydrogens is 388 g/mol. The van der Waals surface area contributed by atoms with Crippen molar-refractivity contribution in [1.82, 2.24) is 19.9 Å². The van der Waals surface area contributed by atoms with Gasteiger partial charge in [0.2, 0.25) is 0 Å². The molecule has 29 heavy (non-hydrogen) atoms. The fraction of sp³-hybridized carbons (Fsp3) is 0.158. The Balaban J connectivity index is 1.89. The van der Waals surface area contributed by atoms with E-state index in [0.29, 0.717) is 34.6 Å². The van der Waals surface area contributed by atoms with Gasteiger partial charge >= 0.3 is 0 Å². The average molecular weight is 408 g/mol. The Bertz CT molecular complexity index is 1140. The minimum atomic E-state index is -0.333. The topological polar surface area (TPSA) is 157 Å². The molecular formula is C19H20N8OS. The van der Waals surface area contributed by atoms with E-state index in [4.69, 9.17) is 22.0 Å². The van der Waals surface area contributed by atoms with Gasteiger partial charge in [-0.15, -0.1) is 11.3 Å². The molecule has 3 aromatic rings. The van der Waals surface area contributed by atoms with Gasteiger partial charge < -0.3 is 31.8 Å². The van der Waals surface area contributed by atoms with Crippen molar-refractivity contribution in [2.45, 2.75) is 13.0 Å². The summed E-state index contributed by atoms with van der Waals surface area (Å²) in [4.78, 5) is 21.4. The monoisotopic (exact) mass is 408 g/mol. The van der Waals surface area contributed by atoms with Gasteiger partial charge in [-0.25, -0.2) is 4.98 Å². The summed E-state index contributed by atoms with van der Waals surface area (Å²) in [5.41, 5.74) is 9.24. The van der Waals surface area contributed by atoms with E-state index in [0.717, 1.165) is 27.7 Å². The third kappa shape index (κ3) is 3.97. The number of amides is 1. The van der Waals surface area contributed by atoms with Crippen molar-refractivity contribution in [2.75, 3.05) is 0 Å². The van der Waals surface area contributed by atoms with Crippen LogP contribution in [-0.4, -0.2) is 39.1 Å². The van der Waals surface area contributed by atoms with Crippen LogP contribution in [0, 0.1) is 16.2 Å². The van der Waals surface area contributed by atoms with Crippen molar-refractivity contribution < 1.29 is 4.79 Å². The van der Waals surface area contributed by atoms with Gasteiger partial charge in [-0.1, -0.05) is 0 Å². The maximum absolute atomic E-state index is 12.8. The van der Waals surface area contributed by atoms with Crippen LogP contribution in [0.4, 0.5) is 0 Å². The Kier molecular flexibility index (Phi) is 5.93. The number of pyridine rings is 1. The Morgan fingerprint density at radius 2 is 2.14 bits per heavy atom. The molecule has 3 aromatic heterocycles. The fourth-order valence-corrected chi connectivity index (χ4v) is 4.11. The number of carbonyl (C=O) groups is 1. The van der Waals surface area contributed by atoms with Crippen molar-refractivity contribution in [2.24, 2.45) is 12.8 Å². The Morgan fingerprint density at radius 1 is 1.34 bits per heavy atom. The second-order valence-electron chi connectivity index (χ2n) is 6.21. The minimum Gasteiger partial charge on any atom is -0.402 e. The van der Waals surface area contributed by atoms with Crippen molar-refractivity contribution in [3.05, 3.63) is 57.6 Å². The smallest absolute Gasteiger partial charge is 0.268 e. The van der Waals surface area contributed by atoms with E-state index >= 15 is 0 Å². The number of fused-ring (bicyclic) bond motifs is 1. The first-order valence-corrected chi connectivity index (χ1v) is 9.47. The summed E-state index contributed by atoms with van der Waals surface area (Å²) in [7, 11) is 1.73. The highest BCUT2D eigenvalue weighted by atomic mass is 32.1. The average Bonchev–Trinajstić information content (AvgIpc) is 3.23. The predicted octanol–water partition coefficient (Wildman–Crippen LogP) is 1.99. The molecule has 0 unspecified atom stereocenters. The van der Waals surface area contributed by atoms with E-state index in [1.165, 1.54) is 23.6 Å². The minimum absolute atomic E-state index is 0.220. The van der Waals surface area contributed by atoms with Crippen LogP contribution in [0.5, 0.6) is 0 Å². The number of hydrogen-bond acceptors (Lipinski definition) is 8. The number of aryl methyl sites for hydroxylation is 1. The van der Waals surface area contributed by atoms with Crippen molar-refractivity contribution in [3.63, 3.8) is 0 Å². The summed E-state index contributed by atoms with van der Waals surface area (Å²) >= 11 is 1.38. The molecule has 1 amide bonds. The van der Waals surface area contributed by atoms with Crippen LogP contribution in [-0.2, 0) is 20.0 Å². The van der Waals surface area contributed by atoms with Gasteiger partial charge in [-0.05, 0) is 17.7 Å². The van der Waals surface area contributed by atoms with Gasteiger partial charge in [0, 0.05) is 67.9 Å². The zero-order chi connectivity index (χ0) is 21.0. The largest absolute Gasteiger partial charge is 0.402 e. The summed E-state index contributed by atoms with van der Waals surface area (Å²) in [6.07, 6.45) is 8.61. The fourth-order valence-electron chi connectivity index (χ4n) is 2.96. The van der Waals surface area contributed by atoms with Gasteiger partial charge in [-0.2, -0.15) is 0 Å². The highest BCUT2D eigenvalue weighted by Crippen LogP contribution is 2.30. The van der Waals surface area contributed by atoms with Crippen molar-refractivity contribution in [3.8, 4) is 0 Å². The highest BCUT2D eigenvalue weighted by molar-refractivity contribution is 7.19. The third-order valence-corrected chi connectivity index (χ3v) is 5.43. The second-order valence-corrected chi connectivity index (χ2v) is 7.30. The maximum Gasteiger partial charge on any atom is 0.268 e. The summed E-state index contributed by atoms with van der Waals surface area (Å²) in [6, 6.07) is 1.71. The number of hydrogen-bond donors (Lipinski definition) is 5. The van der Waals surface area contributed by atoms with Gasteiger partial charge in [0.25, 0.3) is 5.91 Å². The number of allylic oxidation sites excluding steroid dienone is 2. The Hall–Kier alpha value is -3.66. The summed E-state index contributed by atoms with van der Waals surface area (Å²) in [6.45, 7) is 0.220. The first kappa shape index (κ1) is 20.1. The molecule has 0 fully saturated rings. The lowest BCUT2D eigenvalue weighted by Crippen LogP contribution is -2.26. The van der Waals surface area contributed by atoms with Gasteiger partial charge in [0.05, 0.1) is 4.70 Å². The van der Waals surface area contributed by atoms with Crippen LogP contribution in [0.2, 0.25) is 0 Å². The molecule has 0 aliphatic carbocycles. The van der Waals surface area contributed by atoms with Crippen molar-refractivity contribution >= 4 is 46.2 Å². The zero-order valence-electron chi connectivity index (χ0n) is 15.7. The Morgan fingerprint density at radius 3 is 2.83 bits per heavy atom. The number of carbonyl (C=O) groups excluding carboxylic acids is 1. The summed E-state index contributed by atoms with van der Waals surface area (Å²) in [5.74, 6) is -0.333. The molecule has 6 N–H and O–H groups in total. The molecule has 0 aliphatic heterocycles. The van der Waals surface area contributed by atoms with Crippen LogP contribution in [0.3, 0.4) is 0 Å². The zero-order valence-corrected chi connectivity index (χ0v) is 16.5. The highest BCUT2D eigenvalue weighted by Gasteiger charge is 2.23. The lowest BCUT2D eigenvalue weighted by atomic mass is 10.1. The van der Waals surface area contributed by atoms with Crippen LogP contribution in [0.15, 0.2) is 30.2 Å². The predicted molar refractivity (Wildman–Crippen MR) is 115 cm³/mol. The third-order valence-electron chi connectivity index (χ3n) is 4.35. The quantitative estimate of drug-likeness (QED) is 0.361. The maximum atomic E-state index is 12.8. The molecule has 0 radical (unpaired) electrons. The molecule has 148 valence electrons. The van der Waals surface area contributed by atoms with Gasteiger partial charge in [-0.3, -0.25) is 9.78 Å². The van der Waals surface area contributed by atoms with Gasteiger partial charge in [0.15, 0.2) is 5.65 Å². The number of rotatable bonds is 8. The second kappa shape index (κ2) is 8.57. The van der Waals surface area contributed by atoms with Crippen LogP contribution in [0.1, 0.15) is 32.2 Å². The summed E-state index contributed by atoms with van der Waals surface area (Å²) in [5, 5.41) is 25.9. The number of nitrogens with zero attached hydrogens (tertiary/aromatic N) is 3. The molecule has 0 saturated carbocycles. The number of aromatic nitrogens is 3. The number of nitrogens with two attached hydrogens (primary N) is 1. The molecule has 0 aliphatic rings. The van der Waals surface area contributed by atoms with E-state index in [1.54, 1.807) is 30.1 Å². The molecule has 0 bridgehead atoms. The molecule has 9 nitrogen and oxygen atoms in total. The molecule has 10 heteroatoms. The first-order chi connectivity index (χ1) is 14.0. The lowest BCUT2D eigenvalue weighted by Gasteiger charge is -2.09. The summed E-state index contributed by atoms with van der Waals surface area (Å²) < 4.78 is 2.41. The molecule has 0 atom stereocenters. The van der Waals surface area contributed by atoms with E-state index in [9.17, 15) is 4.79 Å². The van der Waals surface area contributed by atoms with E-state index in [-0.39, 0.29) is 12.5 Å². The van der Waals surface area contributed by atoms with Crippen LogP contribution >= 0.6 is 11.3 Å². The molecule has 3 rings (SSSR count). The molecule has 3 heterocycles. The van der Waals surface area contributed by atoms with Crippen LogP contribution in [0.25, 0.3) is 10.3 Å². The molecule has 0 saturated heterocycles.